The van der Waals surface area contributed by atoms with Crippen LogP contribution in [0.1, 0.15) is 11.1 Å². The van der Waals surface area contributed by atoms with Crippen molar-refractivity contribution in [2.24, 2.45) is 0 Å². The van der Waals surface area contributed by atoms with Crippen LogP contribution in [-0.2, 0) is 11.2 Å². The van der Waals surface area contributed by atoms with Gasteiger partial charge in [-0.1, -0.05) is 29.8 Å². The first-order valence-electron chi connectivity index (χ1n) is 5.83. The van der Waals surface area contributed by atoms with E-state index in [1.54, 1.807) is 18.2 Å². The smallest absolute Gasteiger partial charge is 0.395 e. The van der Waals surface area contributed by atoms with Crippen LogP contribution in [0.5, 0.6) is 0 Å². The van der Waals surface area contributed by atoms with Crippen molar-refractivity contribution < 1.29 is 23.1 Å². The van der Waals surface area contributed by atoms with Crippen molar-refractivity contribution in [1.29, 1.82) is 0 Å². The van der Waals surface area contributed by atoms with E-state index in [0.717, 1.165) is 5.56 Å². The van der Waals surface area contributed by atoms with Gasteiger partial charge in [-0.2, -0.15) is 13.2 Å². The molecule has 0 unspecified atom stereocenters. The Bertz CT molecular complexity index is 432. The monoisotopic (exact) mass is 275 g/mol. The molecule has 0 aromatic heterocycles. The molecule has 1 N–H and O–H groups in total. The summed E-state index contributed by atoms with van der Waals surface area (Å²) in [6.07, 6.45) is -4.56. The van der Waals surface area contributed by atoms with Gasteiger partial charge in [0.25, 0.3) is 0 Å². The lowest BCUT2D eigenvalue weighted by Crippen LogP contribution is -2.41. The van der Waals surface area contributed by atoms with Gasteiger partial charge in [-0.3, -0.25) is 4.79 Å². The van der Waals surface area contributed by atoms with E-state index in [-0.39, 0.29) is 13.0 Å². The van der Waals surface area contributed by atoms with Crippen LogP contribution < -0.4 is 0 Å². The van der Waals surface area contributed by atoms with Gasteiger partial charge in [0.2, 0.25) is 5.91 Å². The summed E-state index contributed by atoms with van der Waals surface area (Å²) in [7, 11) is 0. The molecule has 106 valence electrons. The van der Waals surface area contributed by atoms with Gasteiger partial charge < -0.3 is 10.0 Å². The molecule has 0 atom stereocenters. The Hall–Kier alpha value is -1.56. The number of alkyl halides is 3. The SMILES string of the molecule is Cc1cccc(CC(=O)N(CCO)CC(F)(F)F)c1. The van der Waals surface area contributed by atoms with Crippen LogP contribution in [0.3, 0.4) is 0 Å². The van der Waals surface area contributed by atoms with Crippen LogP contribution in [0.25, 0.3) is 0 Å². The average molecular weight is 275 g/mol. The zero-order chi connectivity index (χ0) is 14.5. The molecule has 0 fully saturated rings. The Labute approximate surface area is 109 Å². The highest BCUT2D eigenvalue weighted by Crippen LogP contribution is 2.17. The molecular formula is C13H16F3NO2. The molecule has 0 spiro atoms. The number of aliphatic hydroxyl groups is 1. The zero-order valence-corrected chi connectivity index (χ0v) is 10.6. The summed E-state index contributed by atoms with van der Waals surface area (Å²) in [6.45, 7) is -0.298. The second kappa shape index (κ2) is 6.56. The number of halogens is 3. The Balaban J connectivity index is 2.71. The van der Waals surface area contributed by atoms with Crippen LogP contribution in [0.15, 0.2) is 24.3 Å². The third-order valence-electron chi connectivity index (χ3n) is 2.53. The molecule has 1 amide bonds. The van der Waals surface area contributed by atoms with E-state index in [2.05, 4.69) is 0 Å². The van der Waals surface area contributed by atoms with Crippen molar-refractivity contribution in [2.75, 3.05) is 19.7 Å². The highest BCUT2D eigenvalue weighted by Gasteiger charge is 2.32. The van der Waals surface area contributed by atoms with Gasteiger partial charge in [-0.15, -0.1) is 0 Å². The molecule has 0 aliphatic carbocycles. The van der Waals surface area contributed by atoms with Crippen molar-refractivity contribution in [1.82, 2.24) is 4.90 Å². The normalized spacial score (nSPS) is 11.4. The van der Waals surface area contributed by atoms with Crippen molar-refractivity contribution >= 4 is 5.91 Å². The van der Waals surface area contributed by atoms with E-state index in [1.165, 1.54) is 0 Å². The lowest BCUT2D eigenvalue weighted by atomic mass is 10.1. The molecule has 3 nitrogen and oxygen atoms in total. The number of carbonyl (C=O) groups is 1. The number of hydrogen-bond donors (Lipinski definition) is 1. The lowest BCUT2D eigenvalue weighted by Gasteiger charge is -2.23. The minimum absolute atomic E-state index is 0.0994. The summed E-state index contributed by atoms with van der Waals surface area (Å²) in [5.74, 6) is -0.642. The van der Waals surface area contributed by atoms with Gasteiger partial charge in [-0.05, 0) is 12.5 Å². The summed E-state index contributed by atoms with van der Waals surface area (Å²) >= 11 is 0. The van der Waals surface area contributed by atoms with Crippen LogP contribution in [0, 0.1) is 6.92 Å². The third kappa shape index (κ3) is 5.74. The predicted octanol–water partition coefficient (Wildman–Crippen LogP) is 1.92. The summed E-state index contributed by atoms with van der Waals surface area (Å²) in [6, 6.07) is 7.03. The Morgan fingerprint density at radius 2 is 2.05 bits per heavy atom. The van der Waals surface area contributed by atoms with Gasteiger partial charge in [0.05, 0.1) is 13.0 Å². The number of aryl methyl sites for hydroxylation is 1. The number of aliphatic hydroxyl groups excluding tert-OH is 1. The fraction of sp³-hybridized carbons (Fsp3) is 0.462. The predicted molar refractivity (Wildman–Crippen MR) is 64.6 cm³/mol. The minimum atomic E-state index is -4.46. The topological polar surface area (TPSA) is 40.5 Å². The van der Waals surface area contributed by atoms with E-state index < -0.39 is 25.2 Å². The Kier molecular flexibility index (Phi) is 5.35. The maximum Gasteiger partial charge on any atom is 0.406 e. The maximum atomic E-state index is 12.3. The minimum Gasteiger partial charge on any atom is -0.395 e. The van der Waals surface area contributed by atoms with Crippen LogP contribution in [0.2, 0.25) is 0 Å². The first kappa shape index (κ1) is 15.5. The average Bonchev–Trinajstić information content (AvgIpc) is 2.26. The molecule has 0 aliphatic rings. The number of benzene rings is 1. The van der Waals surface area contributed by atoms with Crippen LogP contribution >= 0.6 is 0 Å². The van der Waals surface area contributed by atoms with Crippen molar-refractivity contribution in [2.45, 2.75) is 19.5 Å². The summed E-state index contributed by atoms with van der Waals surface area (Å²) in [5, 5.41) is 8.73. The first-order chi connectivity index (χ1) is 8.81. The van der Waals surface area contributed by atoms with E-state index in [1.807, 2.05) is 13.0 Å². The lowest BCUT2D eigenvalue weighted by molar-refractivity contribution is -0.161. The largest absolute Gasteiger partial charge is 0.406 e. The molecule has 0 saturated carbocycles. The van der Waals surface area contributed by atoms with E-state index >= 15 is 0 Å². The molecule has 1 aromatic rings. The van der Waals surface area contributed by atoms with E-state index in [9.17, 15) is 18.0 Å². The number of rotatable bonds is 5. The molecule has 0 radical (unpaired) electrons. The molecule has 19 heavy (non-hydrogen) atoms. The molecule has 1 rings (SSSR count). The van der Waals surface area contributed by atoms with Gasteiger partial charge in [0, 0.05) is 6.54 Å². The van der Waals surface area contributed by atoms with Crippen molar-refractivity contribution in [3.8, 4) is 0 Å². The highest BCUT2D eigenvalue weighted by molar-refractivity contribution is 5.78. The van der Waals surface area contributed by atoms with E-state index in [4.69, 9.17) is 5.11 Å². The number of nitrogens with zero attached hydrogens (tertiary/aromatic N) is 1. The van der Waals surface area contributed by atoms with Crippen LogP contribution in [0.4, 0.5) is 13.2 Å². The molecule has 0 aliphatic heterocycles. The highest BCUT2D eigenvalue weighted by atomic mass is 19.4. The fourth-order valence-electron chi connectivity index (χ4n) is 1.74. The molecule has 1 aromatic carbocycles. The summed E-state index contributed by atoms with van der Waals surface area (Å²) in [5.41, 5.74) is 1.60. The zero-order valence-electron chi connectivity index (χ0n) is 10.6. The third-order valence-corrected chi connectivity index (χ3v) is 2.53. The molecule has 0 bridgehead atoms. The van der Waals surface area contributed by atoms with E-state index in [0.29, 0.717) is 10.5 Å². The number of hydrogen-bond acceptors (Lipinski definition) is 2. The second-order valence-electron chi connectivity index (χ2n) is 4.32. The molecule has 0 saturated heterocycles. The Morgan fingerprint density at radius 3 is 2.58 bits per heavy atom. The van der Waals surface area contributed by atoms with Crippen LogP contribution in [-0.4, -0.2) is 41.8 Å². The fourth-order valence-corrected chi connectivity index (χ4v) is 1.74. The number of carbonyl (C=O) groups excluding carboxylic acids is 1. The molecular weight excluding hydrogens is 259 g/mol. The van der Waals surface area contributed by atoms with Gasteiger partial charge in [0.15, 0.2) is 0 Å². The summed E-state index contributed by atoms with van der Waals surface area (Å²) < 4.78 is 37.0. The van der Waals surface area contributed by atoms with Crippen molar-refractivity contribution in [3.05, 3.63) is 35.4 Å². The van der Waals surface area contributed by atoms with Gasteiger partial charge in [0.1, 0.15) is 6.54 Å². The van der Waals surface area contributed by atoms with Crippen molar-refractivity contribution in [3.63, 3.8) is 0 Å². The number of amides is 1. The molecule has 6 heteroatoms. The quantitative estimate of drug-likeness (QED) is 0.892. The van der Waals surface area contributed by atoms with Gasteiger partial charge >= 0.3 is 6.18 Å². The molecule has 0 heterocycles. The summed E-state index contributed by atoms with van der Waals surface area (Å²) in [4.78, 5) is 12.4. The standard InChI is InChI=1S/C13H16F3NO2/c1-10-3-2-4-11(7-10)8-12(19)17(5-6-18)9-13(14,15)16/h2-4,7,18H,5-6,8-9H2,1H3. The second-order valence-corrected chi connectivity index (χ2v) is 4.32. The maximum absolute atomic E-state index is 12.3. The Morgan fingerprint density at radius 1 is 1.37 bits per heavy atom. The van der Waals surface area contributed by atoms with Gasteiger partial charge in [-0.25, -0.2) is 0 Å². The first-order valence-corrected chi connectivity index (χ1v) is 5.83.